The highest BCUT2D eigenvalue weighted by Gasteiger charge is 2.52. The molecule has 1 saturated carbocycles. The van der Waals surface area contributed by atoms with Gasteiger partial charge in [-0.1, -0.05) is 71.4 Å². The van der Waals surface area contributed by atoms with E-state index in [1.807, 2.05) is 33.8 Å². The molecule has 11 atom stereocenters. The van der Waals surface area contributed by atoms with E-state index in [2.05, 4.69) is 10.6 Å². The summed E-state index contributed by atoms with van der Waals surface area (Å²) in [5.41, 5.74) is 0.763. The Morgan fingerprint density at radius 1 is 0.896 bits per heavy atom. The summed E-state index contributed by atoms with van der Waals surface area (Å²) in [4.78, 5) is 112. The Morgan fingerprint density at radius 3 is 2.19 bits per heavy atom. The standard InChI is InChI=1S/C49H72N6O12/c1-9-30(4)43(37(65-7)28-41(59)53-22-13-16-36(53)45(66-8)31(5)46(60)50-35(49(63)64)26-32-14-11-10-12-15-32)52(6)48(62)42(29(2)3)51-47(61)44-33-17-18-34(27-33)55(44)40(58)21-24-67-25-23-54-38(56)19-20-39(54)57/h10-12,14-15,19-20,29-31,33-37,42-45H,9,13,16-18,21-28H2,1-8H3,(H,50,60)(H,51,61)(H,63,64)/t30?,31?,33-,34+,35?,36-,37?,42?,43?,44-,45?/m0/s1. The largest absolute Gasteiger partial charge is 0.480 e. The van der Waals surface area contributed by atoms with Crippen LogP contribution in [0.2, 0.25) is 0 Å². The van der Waals surface area contributed by atoms with Gasteiger partial charge in [0.2, 0.25) is 29.5 Å². The fourth-order valence-electron chi connectivity index (χ4n) is 10.5. The summed E-state index contributed by atoms with van der Waals surface area (Å²) < 4.78 is 17.6. The maximum atomic E-state index is 14.6. The molecule has 0 spiro atoms. The number of nitrogens with one attached hydrogen (secondary N) is 2. The number of carbonyl (C=O) groups is 8. The van der Waals surface area contributed by atoms with Gasteiger partial charge >= 0.3 is 5.97 Å². The highest BCUT2D eigenvalue weighted by Crippen LogP contribution is 2.43. The van der Waals surface area contributed by atoms with Crippen LogP contribution in [0.5, 0.6) is 0 Å². The number of benzene rings is 1. The molecule has 5 rings (SSSR count). The number of fused-ring (bicyclic) bond motifs is 2. The third-order valence-electron chi connectivity index (χ3n) is 14.3. The number of likely N-dealkylation sites (tertiary alicyclic amines) is 2. The fourth-order valence-corrected chi connectivity index (χ4v) is 10.5. The minimum absolute atomic E-state index is 0.0111. The number of ether oxygens (including phenoxy) is 3. The number of carboxylic acids is 1. The Balaban J connectivity index is 1.22. The first-order chi connectivity index (χ1) is 31.9. The van der Waals surface area contributed by atoms with Crippen LogP contribution < -0.4 is 10.6 Å². The van der Waals surface area contributed by atoms with E-state index in [4.69, 9.17) is 14.2 Å². The molecule has 0 aromatic heterocycles. The van der Waals surface area contributed by atoms with Crippen LogP contribution in [0.3, 0.4) is 0 Å². The molecule has 3 fully saturated rings. The van der Waals surface area contributed by atoms with Gasteiger partial charge in [-0.15, -0.1) is 0 Å². The molecule has 3 heterocycles. The molecule has 3 aliphatic heterocycles. The van der Waals surface area contributed by atoms with Crippen molar-refractivity contribution in [2.24, 2.45) is 23.7 Å². The molecule has 7 amide bonds. The average Bonchev–Trinajstić information content (AvgIpc) is 4.13. The highest BCUT2D eigenvalue weighted by molar-refractivity contribution is 6.12. The molecule has 2 saturated heterocycles. The number of rotatable bonds is 25. The number of amides is 7. The lowest BCUT2D eigenvalue weighted by molar-refractivity contribution is -0.149. The summed E-state index contributed by atoms with van der Waals surface area (Å²) in [6.07, 6.45) is 5.09. The van der Waals surface area contributed by atoms with Gasteiger partial charge in [-0.05, 0) is 55.4 Å². The van der Waals surface area contributed by atoms with Crippen LogP contribution in [-0.4, -0.2) is 168 Å². The van der Waals surface area contributed by atoms with Crippen molar-refractivity contribution >= 4 is 47.3 Å². The quantitative estimate of drug-likeness (QED) is 0.0952. The van der Waals surface area contributed by atoms with E-state index in [0.29, 0.717) is 32.2 Å². The van der Waals surface area contributed by atoms with Gasteiger partial charge in [-0.2, -0.15) is 0 Å². The summed E-state index contributed by atoms with van der Waals surface area (Å²) >= 11 is 0. The van der Waals surface area contributed by atoms with Crippen LogP contribution in [-0.2, 0) is 59.0 Å². The number of carboxylic acid groups (broad SMARTS) is 1. The van der Waals surface area contributed by atoms with Crippen molar-refractivity contribution in [1.82, 2.24) is 30.2 Å². The molecule has 7 unspecified atom stereocenters. The van der Waals surface area contributed by atoms with Gasteiger partial charge in [0.15, 0.2) is 0 Å². The predicted molar refractivity (Wildman–Crippen MR) is 246 cm³/mol. The van der Waals surface area contributed by atoms with E-state index < -0.39 is 77.9 Å². The SMILES string of the molecule is CCC(C)C(C(CC(=O)N1CCC[C@H]1C(OC)C(C)C(=O)NC(Cc1ccccc1)C(=O)O)OC)N(C)C(=O)C(NC(=O)[C@@H]1[C@H]2CC[C@H](C2)N1C(=O)CCOCCN1C(=O)C=CC1=O)C(C)C. The zero-order valence-corrected chi connectivity index (χ0v) is 40.4. The van der Waals surface area contributed by atoms with Crippen LogP contribution in [0.1, 0.15) is 91.5 Å². The van der Waals surface area contributed by atoms with Crippen molar-refractivity contribution in [1.29, 1.82) is 0 Å². The Bertz CT molecular complexity index is 1950. The van der Waals surface area contributed by atoms with E-state index in [1.54, 1.807) is 52.9 Å². The normalized spacial score (nSPS) is 23.2. The Labute approximate surface area is 394 Å². The van der Waals surface area contributed by atoms with Crippen LogP contribution in [0, 0.1) is 23.7 Å². The van der Waals surface area contributed by atoms with E-state index >= 15 is 0 Å². The van der Waals surface area contributed by atoms with Gasteiger partial charge in [0.05, 0.1) is 62.8 Å². The van der Waals surface area contributed by atoms with Crippen LogP contribution in [0.25, 0.3) is 0 Å². The maximum absolute atomic E-state index is 14.6. The summed E-state index contributed by atoms with van der Waals surface area (Å²) in [7, 11) is 4.65. The van der Waals surface area contributed by atoms with Gasteiger partial charge < -0.3 is 44.7 Å². The first-order valence-corrected chi connectivity index (χ1v) is 23.8. The molecule has 0 radical (unpaired) electrons. The van der Waals surface area contributed by atoms with Crippen LogP contribution >= 0.6 is 0 Å². The first-order valence-electron chi connectivity index (χ1n) is 23.8. The van der Waals surface area contributed by atoms with Gasteiger partial charge in [0, 0.05) is 52.4 Å². The third-order valence-corrected chi connectivity index (χ3v) is 14.3. The zero-order valence-electron chi connectivity index (χ0n) is 40.4. The molecule has 370 valence electrons. The van der Waals surface area contributed by atoms with Gasteiger partial charge in [0.25, 0.3) is 11.8 Å². The molecule has 1 aromatic carbocycles. The Hall–Kier alpha value is -5.20. The van der Waals surface area contributed by atoms with Crippen LogP contribution in [0.4, 0.5) is 0 Å². The number of imide groups is 1. The summed E-state index contributed by atoms with van der Waals surface area (Å²) in [5, 5.41) is 15.6. The second-order valence-electron chi connectivity index (χ2n) is 18.9. The van der Waals surface area contributed by atoms with Crippen molar-refractivity contribution in [2.75, 3.05) is 47.6 Å². The van der Waals surface area contributed by atoms with Crippen molar-refractivity contribution in [2.45, 2.75) is 141 Å². The minimum Gasteiger partial charge on any atom is -0.480 e. The van der Waals surface area contributed by atoms with Crippen molar-refractivity contribution in [3.05, 3.63) is 48.0 Å². The van der Waals surface area contributed by atoms with E-state index in [1.165, 1.54) is 26.4 Å². The lowest BCUT2D eigenvalue weighted by Gasteiger charge is -2.41. The number of aliphatic carboxylic acids is 1. The number of hydrogen-bond acceptors (Lipinski definition) is 11. The molecular weight excluding hydrogens is 865 g/mol. The van der Waals surface area contributed by atoms with Crippen LogP contribution in [0.15, 0.2) is 42.5 Å². The van der Waals surface area contributed by atoms with E-state index in [0.717, 1.165) is 23.3 Å². The zero-order chi connectivity index (χ0) is 49.1. The molecule has 1 aliphatic carbocycles. The van der Waals surface area contributed by atoms with Gasteiger partial charge in [-0.25, -0.2) is 4.79 Å². The molecule has 3 N–H and O–H groups in total. The number of likely N-dealkylation sites (N-methyl/N-ethyl adjacent to an activating group) is 1. The fraction of sp³-hybridized carbons (Fsp3) is 0.673. The molecule has 18 nitrogen and oxygen atoms in total. The average molecular weight is 937 g/mol. The summed E-state index contributed by atoms with van der Waals surface area (Å²) in [5.74, 6) is -5.03. The highest BCUT2D eigenvalue weighted by atomic mass is 16.5. The maximum Gasteiger partial charge on any atom is 0.326 e. The molecule has 4 aliphatic rings. The van der Waals surface area contributed by atoms with Gasteiger partial charge in [0.1, 0.15) is 18.1 Å². The predicted octanol–water partition coefficient (Wildman–Crippen LogP) is 2.57. The molecule has 2 bridgehead atoms. The number of piperidine rings is 1. The van der Waals surface area contributed by atoms with Crippen molar-refractivity contribution < 1.29 is 57.7 Å². The van der Waals surface area contributed by atoms with Crippen molar-refractivity contribution in [3.63, 3.8) is 0 Å². The second-order valence-corrected chi connectivity index (χ2v) is 18.9. The second kappa shape index (κ2) is 24.2. The van der Waals surface area contributed by atoms with E-state index in [-0.39, 0.29) is 80.5 Å². The lowest BCUT2D eigenvalue weighted by atomic mass is 9.89. The number of carbonyl (C=O) groups excluding carboxylic acids is 7. The summed E-state index contributed by atoms with van der Waals surface area (Å²) in [6, 6.07) is 5.01. The Kier molecular flexibility index (Phi) is 19.1. The topological polar surface area (TPSA) is 222 Å². The summed E-state index contributed by atoms with van der Waals surface area (Å²) in [6.45, 7) is 9.95. The van der Waals surface area contributed by atoms with Crippen molar-refractivity contribution in [3.8, 4) is 0 Å². The lowest BCUT2D eigenvalue weighted by Crippen LogP contribution is -2.60. The Morgan fingerprint density at radius 2 is 1.58 bits per heavy atom. The van der Waals surface area contributed by atoms with E-state index in [9.17, 15) is 43.5 Å². The number of methoxy groups -OCH3 is 2. The minimum atomic E-state index is -1.16. The monoisotopic (exact) mass is 937 g/mol. The molecule has 1 aromatic rings. The number of hydrogen-bond donors (Lipinski definition) is 3. The molecule has 67 heavy (non-hydrogen) atoms. The first kappa shape index (κ1) is 52.8. The molecular formula is C49H72N6O12. The number of nitrogens with zero attached hydrogens (tertiary/aromatic N) is 4. The molecule has 18 heteroatoms. The third kappa shape index (κ3) is 12.7. The smallest absolute Gasteiger partial charge is 0.326 e. The van der Waals surface area contributed by atoms with Gasteiger partial charge in [-0.3, -0.25) is 38.5 Å².